The molecule has 5 rings (SSSR count). The highest BCUT2D eigenvalue weighted by atomic mass is 32.1. The first-order valence-electron chi connectivity index (χ1n) is 11.6. The molecule has 0 bridgehead atoms. The van der Waals surface area contributed by atoms with Crippen LogP contribution in [0.15, 0.2) is 54.0 Å². The molecule has 4 heterocycles. The summed E-state index contributed by atoms with van der Waals surface area (Å²) in [5.74, 6) is 0.647. The number of rotatable bonds is 9. The molecule has 1 N–H and O–H groups in total. The van der Waals surface area contributed by atoms with Gasteiger partial charge in [-0.1, -0.05) is 24.6 Å². The number of hydrogen-bond donors (Lipinski definition) is 1. The first-order chi connectivity index (χ1) is 15.8. The van der Waals surface area contributed by atoms with Crippen LogP contribution in [0, 0.1) is 5.92 Å². The van der Waals surface area contributed by atoms with E-state index in [0.717, 1.165) is 57.2 Å². The van der Waals surface area contributed by atoms with Crippen molar-refractivity contribution in [2.45, 2.75) is 44.7 Å². The number of unbranched alkanes of at least 4 members (excludes halogenated alkanes) is 1. The molecule has 1 amide bonds. The van der Waals surface area contributed by atoms with Crippen molar-refractivity contribution < 1.29 is 9.53 Å². The molecule has 6 nitrogen and oxygen atoms in total. The minimum Gasteiger partial charge on any atom is -0.381 e. The number of amides is 1. The van der Waals surface area contributed by atoms with Gasteiger partial charge in [-0.05, 0) is 49.9 Å². The molecular formula is C25H30N4O2S. The van der Waals surface area contributed by atoms with Crippen molar-refractivity contribution >= 4 is 28.1 Å². The lowest BCUT2D eigenvalue weighted by atomic mass is 10.0. The maximum Gasteiger partial charge on any atom is 0.274 e. The number of para-hydroxylation sites is 1. The summed E-state index contributed by atoms with van der Waals surface area (Å²) in [6.07, 6.45) is 7.69. The van der Waals surface area contributed by atoms with Crippen LogP contribution in [0.1, 0.15) is 54.3 Å². The van der Waals surface area contributed by atoms with Crippen LogP contribution in [0.4, 0.5) is 10.8 Å². The number of nitrogens with one attached hydrogen (secondary N) is 1. The average Bonchev–Trinajstić information content (AvgIpc) is 3.53. The largest absolute Gasteiger partial charge is 0.381 e. The maximum atomic E-state index is 12.9. The van der Waals surface area contributed by atoms with Gasteiger partial charge in [0.2, 0.25) is 0 Å². The van der Waals surface area contributed by atoms with Gasteiger partial charge in [0.15, 0.2) is 5.13 Å². The first-order valence-corrected chi connectivity index (χ1v) is 12.5. The number of benzene rings is 1. The highest BCUT2D eigenvalue weighted by molar-refractivity contribution is 7.14. The van der Waals surface area contributed by atoms with Gasteiger partial charge >= 0.3 is 0 Å². The zero-order valence-corrected chi connectivity index (χ0v) is 19.1. The number of aryl methyl sites for hydroxylation is 1. The molecule has 2 aliphatic rings. The fraction of sp³-hybridized carbons (Fsp3) is 0.440. The molecule has 2 aliphatic heterocycles. The predicted octanol–water partition coefficient (Wildman–Crippen LogP) is 5.36. The third kappa shape index (κ3) is 4.74. The van der Waals surface area contributed by atoms with E-state index in [1.54, 1.807) is 0 Å². The molecule has 32 heavy (non-hydrogen) atoms. The van der Waals surface area contributed by atoms with Crippen LogP contribution in [-0.4, -0.2) is 35.2 Å². The van der Waals surface area contributed by atoms with Crippen LogP contribution < -0.4 is 10.2 Å². The highest BCUT2D eigenvalue weighted by Crippen LogP contribution is 2.37. The second-order valence-corrected chi connectivity index (χ2v) is 9.56. The van der Waals surface area contributed by atoms with E-state index >= 15 is 0 Å². The number of hydrogen-bond acceptors (Lipinski definition) is 5. The van der Waals surface area contributed by atoms with Gasteiger partial charge in [0.25, 0.3) is 5.91 Å². The summed E-state index contributed by atoms with van der Waals surface area (Å²) >= 11 is 1.51. The van der Waals surface area contributed by atoms with Crippen molar-refractivity contribution in [1.82, 2.24) is 9.55 Å². The third-order valence-corrected chi connectivity index (χ3v) is 7.23. The maximum absolute atomic E-state index is 12.9. The summed E-state index contributed by atoms with van der Waals surface area (Å²) < 4.78 is 7.29. The monoisotopic (exact) mass is 450 g/mol. The smallest absolute Gasteiger partial charge is 0.274 e. The van der Waals surface area contributed by atoms with Crippen molar-refractivity contribution in [3.63, 3.8) is 0 Å². The summed E-state index contributed by atoms with van der Waals surface area (Å²) in [4.78, 5) is 20.1. The Bertz CT molecular complexity index is 1030. The van der Waals surface area contributed by atoms with E-state index in [-0.39, 0.29) is 11.9 Å². The standard InChI is InChI=1S/C25H30N4O2S/c30-24(23-12-6-14-28(23)13-5-4-8-19-16-31-17-19)27-25-26-21(18-32-25)22-11-7-15-29(22)20-9-2-1-3-10-20/h1-3,6,9-10,12,14,18-19,22H,4-5,7-8,11,13,15-17H2,(H,26,27,30). The summed E-state index contributed by atoms with van der Waals surface area (Å²) in [5, 5.41) is 5.78. The fourth-order valence-electron chi connectivity index (χ4n) is 4.64. The van der Waals surface area contributed by atoms with Gasteiger partial charge in [0.1, 0.15) is 5.69 Å². The molecule has 0 radical (unpaired) electrons. The van der Waals surface area contributed by atoms with Crippen LogP contribution in [-0.2, 0) is 11.3 Å². The van der Waals surface area contributed by atoms with Gasteiger partial charge in [-0.3, -0.25) is 10.1 Å². The van der Waals surface area contributed by atoms with E-state index < -0.39 is 0 Å². The van der Waals surface area contributed by atoms with Gasteiger partial charge in [0.05, 0.1) is 24.9 Å². The topological polar surface area (TPSA) is 59.4 Å². The lowest BCUT2D eigenvalue weighted by molar-refractivity contribution is -0.0365. The molecule has 7 heteroatoms. The third-order valence-electron chi connectivity index (χ3n) is 6.46. The number of thiazole rings is 1. The lowest BCUT2D eigenvalue weighted by Crippen LogP contribution is -2.27. The average molecular weight is 451 g/mol. The molecule has 0 aliphatic carbocycles. The van der Waals surface area contributed by atoms with Crippen molar-refractivity contribution in [2.24, 2.45) is 5.92 Å². The van der Waals surface area contributed by atoms with Crippen molar-refractivity contribution in [1.29, 1.82) is 0 Å². The molecule has 1 unspecified atom stereocenters. The van der Waals surface area contributed by atoms with E-state index in [1.807, 2.05) is 24.4 Å². The zero-order valence-electron chi connectivity index (χ0n) is 18.3. The number of anilines is 2. The van der Waals surface area contributed by atoms with Gasteiger partial charge in [-0.25, -0.2) is 4.98 Å². The molecule has 0 spiro atoms. The Kier molecular flexibility index (Phi) is 6.55. The van der Waals surface area contributed by atoms with Crippen LogP contribution in [0.25, 0.3) is 0 Å². The number of aromatic nitrogens is 2. The predicted molar refractivity (Wildman–Crippen MR) is 128 cm³/mol. The molecule has 1 aromatic carbocycles. The summed E-state index contributed by atoms with van der Waals surface area (Å²) in [7, 11) is 0. The number of nitrogens with zero attached hydrogens (tertiary/aromatic N) is 3. The van der Waals surface area contributed by atoms with E-state index in [0.29, 0.717) is 10.8 Å². The Labute approximate surface area is 193 Å². The van der Waals surface area contributed by atoms with E-state index in [9.17, 15) is 4.79 Å². The zero-order chi connectivity index (χ0) is 21.8. The molecule has 2 fully saturated rings. The summed E-state index contributed by atoms with van der Waals surface area (Å²) in [6.45, 7) is 3.73. The molecule has 2 saturated heterocycles. The van der Waals surface area contributed by atoms with Gasteiger partial charge < -0.3 is 14.2 Å². The minimum atomic E-state index is -0.0883. The normalized spacial score (nSPS) is 18.6. The van der Waals surface area contributed by atoms with E-state index in [2.05, 4.69) is 44.4 Å². The van der Waals surface area contributed by atoms with E-state index in [1.165, 1.54) is 29.9 Å². The Morgan fingerprint density at radius 2 is 2.03 bits per heavy atom. The van der Waals surface area contributed by atoms with Gasteiger partial charge in [-0.2, -0.15) is 0 Å². The van der Waals surface area contributed by atoms with Gasteiger partial charge in [-0.15, -0.1) is 11.3 Å². The number of carbonyl (C=O) groups excluding carboxylic acids is 1. The number of ether oxygens (including phenoxy) is 1. The Morgan fingerprint density at radius 3 is 2.84 bits per heavy atom. The number of carbonyl (C=O) groups is 1. The molecule has 168 valence electrons. The molecule has 2 aromatic heterocycles. The second kappa shape index (κ2) is 9.88. The van der Waals surface area contributed by atoms with E-state index in [4.69, 9.17) is 9.72 Å². The Balaban J connectivity index is 1.19. The first kappa shape index (κ1) is 21.2. The lowest BCUT2D eigenvalue weighted by Gasteiger charge is -2.25. The SMILES string of the molecule is O=C(Nc1nc(C2CCCN2c2ccccc2)cs1)c1cccn1CCCCC1COC1. The minimum absolute atomic E-state index is 0.0883. The van der Waals surface area contributed by atoms with Crippen LogP contribution in [0.5, 0.6) is 0 Å². The second-order valence-electron chi connectivity index (χ2n) is 8.70. The highest BCUT2D eigenvalue weighted by Gasteiger charge is 2.28. The quantitative estimate of drug-likeness (QED) is 0.446. The Hall–Kier alpha value is -2.64. The fourth-order valence-corrected chi connectivity index (χ4v) is 5.39. The molecule has 0 saturated carbocycles. The summed E-state index contributed by atoms with van der Waals surface area (Å²) in [6, 6.07) is 14.6. The van der Waals surface area contributed by atoms with Crippen LogP contribution in [0.2, 0.25) is 0 Å². The van der Waals surface area contributed by atoms with Crippen molar-refractivity contribution in [3.05, 3.63) is 65.4 Å². The van der Waals surface area contributed by atoms with Crippen molar-refractivity contribution in [2.75, 3.05) is 30.0 Å². The van der Waals surface area contributed by atoms with Crippen molar-refractivity contribution in [3.8, 4) is 0 Å². The molecular weight excluding hydrogens is 420 g/mol. The summed E-state index contributed by atoms with van der Waals surface area (Å²) in [5.41, 5.74) is 2.97. The molecule has 3 aromatic rings. The van der Waals surface area contributed by atoms with Gasteiger partial charge in [0, 0.05) is 36.3 Å². The van der Waals surface area contributed by atoms with Crippen LogP contribution >= 0.6 is 11.3 Å². The Morgan fingerprint density at radius 1 is 1.16 bits per heavy atom. The molecule has 1 atom stereocenters. The van der Waals surface area contributed by atoms with Crippen LogP contribution in [0.3, 0.4) is 0 Å².